The first-order chi connectivity index (χ1) is 16.1. The lowest BCUT2D eigenvalue weighted by molar-refractivity contribution is -0.118. The van der Waals surface area contributed by atoms with Gasteiger partial charge in [-0.3, -0.25) is 19.9 Å². The lowest BCUT2D eigenvalue weighted by Gasteiger charge is -2.15. The molecule has 3 N–H and O–H groups in total. The quantitative estimate of drug-likeness (QED) is 0.251. The van der Waals surface area contributed by atoms with Gasteiger partial charge in [-0.25, -0.2) is 4.98 Å². The van der Waals surface area contributed by atoms with Gasteiger partial charge in [0.2, 0.25) is 5.91 Å². The zero-order valence-corrected chi connectivity index (χ0v) is 19.9. The molecule has 0 radical (unpaired) electrons. The van der Waals surface area contributed by atoms with Crippen LogP contribution >= 0.6 is 11.8 Å². The summed E-state index contributed by atoms with van der Waals surface area (Å²) >= 11 is 1.31. The summed E-state index contributed by atoms with van der Waals surface area (Å²) in [7, 11) is 0. The number of aromatic nitrogens is 4. The van der Waals surface area contributed by atoms with E-state index in [1.807, 2.05) is 38.1 Å². The molecule has 0 bridgehead atoms. The van der Waals surface area contributed by atoms with E-state index in [9.17, 15) is 4.79 Å². The minimum absolute atomic E-state index is 0.0405. The molecule has 1 aliphatic carbocycles. The van der Waals surface area contributed by atoms with E-state index in [1.165, 1.54) is 30.2 Å². The lowest BCUT2D eigenvalue weighted by atomic mass is 9.97. The molecule has 1 aromatic carbocycles. The van der Waals surface area contributed by atoms with Crippen LogP contribution in [0.5, 0.6) is 5.75 Å². The molecular weight excluding hydrogens is 436 g/mol. The molecule has 0 saturated heterocycles. The third-order valence-corrected chi connectivity index (χ3v) is 6.61. The van der Waals surface area contributed by atoms with Gasteiger partial charge in [0.25, 0.3) is 0 Å². The van der Waals surface area contributed by atoms with Gasteiger partial charge >= 0.3 is 0 Å². The van der Waals surface area contributed by atoms with Crippen LogP contribution in [0.4, 0.5) is 0 Å². The molecule has 8 nitrogen and oxygen atoms in total. The minimum Gasteiger partial charge on any atom is -0.494 e. The number of allylic oxidation sites excluding steroid dienone is 1. The van der Waals surface area contributed by atoms with Crippen LogP contribution in [0.2, 0.25) is 0 Å². The molecule has 0 atom stereocenters. The number of aromatic amines is 1. The van der Waals surface area contributed by atoms with Crippen LogP contribution < -0.4 is 15.5 Å². The number of ether oxygens (including phenoxy) is 1. The van der Waals surface area contributed by atoms with Gasteiger partial charge in [0.15, 0.2) is 10.8 Å². The Morgan fingerprint density at radius 2 is 2.12 bits per heavy atom. The first-order valence-electron chi connectivity index (χ1n) is 11.4. The zero-order chi connectivity index (χ0) is 23.2. The van der Waals surface area contributed by atoms with Crippen molar-refractivity contribution in [2.24, 2.45) is 0 Å². The zero-order valence-electron chi connectivity index (χ0n) is 19.1. The Morgan fingerprint density at radius 1 is 1.30 bits per heavy atom. The van der Waals surface area contributed by atoms with E-state index in [0.29, 0.717) is 29.3 Å². The van der Waals surface area contributed by atoms with Crippen molar-refractivity contribution in [1.82, 2.24) is 25.1 Å². The van der Waals surface area contributed by atoms with Gasteiger partial charge in [0.05, 0.1) is 17.7 Å². The normalized spacial score (nSPS) is 13.7. The Morgan fingerprint density at radius 3 is 2.85 bits per heavy atom. The van der Waals surface area contributed by atoms with E-state index in [2.05, 4.69) is 26.6 Å². The molecule has 0 aliphatic heterocycles. The second-order valence-corrected chi connectivity index (χ2v) is 8.99. The van der Waals surface area contributed by atoms with E-state index in [0.717, 1.165) is 36.4 Å². The molecule has 33 heavy (non-hydrogen) atoms. The fourth-order valence-electron chi connectivity index (χ4n) is 4.00. The van der Waals surface area contributed by atoms with Gasteiger partial charge < -0.3 is 10.1 Å². The molecule has 0 saturated carbocycles. The van der Waals surface area contributed by atoms with Crippen LogP contribution in [0.15, 0.2) is 41.1 Å². The summed E-state index contributed by atoms with van der Waals surface area (Å²) in [5, 5.41) is 20.2. The summed E-state index contributed by atoms with van der Waals surface area (Å²) in [5.41, 5.74) is 3.77. The number of fused-ring (bicyclic) bond motifs is 1. The van der Waals surface area contributed by atoms with Crippen molar-refractivity contribution in [3.8, 4) is 11.4 Å². The Labute approximate surface area is 197 Å². The van der Waals surface area contributed by atoms with Crippen LogP contribution in [0.1, 0.15) is 44.7 Å². The number of thioether (sulfide) groups is 1. The van der Waals surface area contributed by atoms with E-state index in [4.69, 9.17) is 10.1 Å². The molecule has 2 heterocycles. The highest BCUT2D eigenvalue weighted by molar-refractivity contribution is 7.99. The first kappa shape index (κ1) is 23.1. The molecule has 0 fully saturated rings. The number of hydrogen-bond acceptors (Lipinski definition) is 6. The van der Waals surface area contributed by atoms with Crippen molar-refractivity contribution in [3.63, 3.8) is 0 Å². The highest BCUT2D eigenvalue weighted by Gasteiger charge is 2.16. The van der Waals surface area contributed by atoms with Crippen LogP contribution in [0.25, 0.3) is 16.7 Å². The van der Waals surface area contributed by atoms with Gasteiger partial charge in [-0.2, -0.15) is 5.10 Å². The van der Waals surface area contributed by atoms with Gasteiger partial charge in [-0.15, -0.1) is 0 Å². The van der Waals surface area contributed by atoms with Gasteiger partial charge in [0.1, 0.15) is 11.2 Å². The number of carbonyl (C=O) groups is 1. The molecule has 1 amide bonds. The summed E-state index contributed by atoms with van der Waals surface area (Å²) in [5.74, 6) is 0.946. The Hall–Kier alpha value is -3.07. The molecule has 9 heteroatoms. The third kappa shape index (κ3) is 5.47. The van der Waals surface area contributed by atoms with Gasteiger partial charge in [-0.05, 0) is 70.2 Å². The fourth-order valence-corrected chi connectivity index (χ4v) is 4.84. The summed E-state index contributed by atoms with van der Waals surface area (Å²) in [6.45, 7) is 5.06. The number of aryl methyl sites for hydroxylation is 1. The summed E-state index contributed by atoms with van der Waals surface area (Å²) in [6.07, 6.45) is 8.04. The van der Waals surface area contributed by atoms with Crippen molar-refractivity contribution in [2.75, 3.05) is 18.9 Å². The second kappa shape index (κ2) is 10.7. The maximum Gasteiger partial charge on any atom is 0.230 e. The number of amides is 1. The molecule has 0 spiro atoms. The average molecular weight is 467 g/mol. The van der Waals surface area contributed by atoms with E-state index in [-0.39, 0.29) is 17.1 Å². The van der Waals surface area contributed by atoms with Crippen LogP contribution in [-0.4, -0.2) is 44.6 Å². The average Bonchev–Trinajstić information content (AvgIpc) is 3.20. The molecule has 3 aromatic rings. The highest BCUT2D eigenvalue weighted by Crippen LogP contribution is 2.23. The number of rotatable bonds is 9. The number of hydrogen-bond donors (Lipinski definition) is 3. The molecule has 1 aliphatic rings. The summed E-state index contributed by atoms with van der Waals surface area (Å²) in [6, 6.07) is 7.54. The predicted molar refractivity (Wildman–Crippen MR) is 130 cm³/mol. The number of carbonyl (C=O) groups excluding carboxylic acids is 1. The Bertz CT molecular complexity index is 1210. The van der Waals surface area contributed by atoms with Crippen molar-refractivity contribution in [1.29, 1.82) is 5.41 Å². The molecule has 174 valence electrons. The van der Waals surface area contributed by atoms with Crippen molar-refractivity contribution >= 4 is 28.7 Å². The standard InChI is InChI=1S/C24H30N6O2S/c1-3-32-19-11-9-18(10-12-19)30-22(25)21-16(2)28-29-23(21)27-24(30)33-15-20(31)26-14-13-17-7-5-4-6-8-17/h7,9-12,25H,3-6,8,13-15H2,1-2H3,(H,26,31)(H,28,29). The van der Waals surface area contributed by atoms with Crippen LogP contribution in [-0.2, 0) is 4.79 Å². The number of nitrogens with zero attached hydrogens (tertiary/aromatic N) is 3. The Kier molecular flexibility index (Phi) is 7.49. The van der Waals surface area contributed by atoms with Crippen LogP contribution in [0.3, 0.4) is 0 Å². The van der Waals surface area contributed by atoms with E-state index >= 15 is 0 Å². The van der Waals surface area contributed by atoms with E-state index in [1.54, 1.807) is 4.57 Å². The largest absolute Gasteiger partial charge is 0.494 e. The molecule has 2 aromatic heterocycles. The molecule has 0 unspecified atom stereocenters. The van der Waals surface area contributed by atoms with E-state index < -0.39 is 0 Å². The summed E-state index contributed by atoms with van der Waals surface area (Å²) in [4.78, 5) is 17.2. The maximum absolute atomic E-state index is 12.5. The van der Waals surface area contributed by atoms with Gasteiger partial charge in [0, 0.05) is 17.9 Å². The third-order valence-electron chi connectivity index (χ3n) is 5.67. The van der Waals surface area contributed by atoms with Crippen molar-refractivity contribution in [2.45, 2.75) is 51.1 Å². The highest BCUT2D eigenvalue weighted by atomic mass is 32.2. The monoisotopic (exact) mass is 466 g/mol. The molecule has 4 rings (SSSR count). The number of H-pyrrole nitrogens is 1. The predicted octanol–water partition coefficient (Wildman–Crippen LogP) is 4.03. The fraction of sp³-hybridized carbons (Fsp3) is 0.417. The first-order valence-corrected chi connectivity index (χ1v) is 12.4. The number of benzene rings is 1. The lowest BCUT2D eigenvalue weighted by Crippen LogP contribution is -2.27. The van der Waals surface area contributed by atoms with Crippen molar-refractivity contribution in [3.05, 3.63) is 47.1 Å². The SMILES string of the molecule is CCOc1ccc(-n2c(SCC(=O)NCCC3=CCCCC3)nc3n[nH]c(C)c3c2=N)cc1. The van der Waals surface area contributed by atoms with Gasteiger partial charge in [-0.1, -0.05) is 23.4 Å². The van der Waals surface area contributed by atoms with Crippen molar-refractivity contribution < 1.29 is 9.53 Å². The summed E-state index contributed by atoms with van der Waals surface area (Å²) < 4.78 is 7.30. The topological polar surface area (TPSA) is 109 Å². The Balaban J connectivity index is 1.52. The molecular formula is C24H30N6O2S. The number of nitrogens with one attached hydrogen (secondary N) is 3. The maximum atomic E-state index is 12.5. The van der Waals surface area contributed by atoms with Crippen LogP contribution in [0, 0.1) is 12.3 Å². The smallest absolute Gasteiger partial charge is 0.230 e. The minimum atomic E-state index is -0.0405. The second-order valence-electron chi connectivity index (χ2n) is 8.05.